The highest BCUT2D eigenvalue weighted by atomic mass is 16.6. The number of rotatable bonds is 2. The molecule has 0 bridgehead atoms. The molecule has 3 aliphatic rings. The van der Waals surface area contributed by atoms with Crippen LogP contribution in [0.4, 0.5) is 0 Å². The van der Waals surface area contributed by atoms with Gasteiger partial charge in [0.2, 0.25) is 5.91 Å². The highest BCUT2D eigenvalue weighted by Gasteiger charge is 2.46. The zero-order chi connectivity index (χ0) is 16.1. The Hall–Kier alpha value is -2.50. The molecular weight excluding hydrogens is 306 g/mol. The van der Waals surface area contributed by atoms with Crippen molar-refractivity contribution in [2.45, 2.75) is 25.3 Å². The summed E-state index contributed by atoms with van der Waals surface area (Å²) in [7, 11) is 0. The van der Waals surface area contributed by atoms with Gasteiger partial charge in [-0.05, 0) is 30.0 Å². The first-order valence-corrected chi connectivity index (χ1v) is 8.49. The van der Waals surface area contributed by atoms with Gasteiger partial charge in [-0.3, -0.25) is 9.89 Å². The number of aromatic amines is 1. The summed E-state index contributed by atoms with van der Waals surface area (Å²) in [6.07, 6.45) is 3.62. The van der Waals surface area contributed by atoms with Crippen molar-refractivity contribution in [1.29, 1.82) is 0 Å². The molecule has 0 radical (unpaired) electrons. The van der Waals surface area contributed by atoms with E-state index in [1.807, 2.05) is 23.2 Å². The minimum Gasteiger partial charge on any atom is -0.486 e. The number of ether oxygens (including phenoxy) is 2. The summed E-state index contributed by atoms with van der Waals surface area (Å²) in [6, 6.07) is 6.06. The lowest BCUT2D eigenvalue weighted by Crippen LogP contribution is -2.36. The molecule has 1 aliphatic carbocycles. The van der Waals surface area contributed by atoms with Crippen molar-refractivity contribution >= 4 is 5.91 Å². The van der Waals surface area contributed by atoms with Gasteiger partial charge >= 0.3 is 0 Å². The Bertz CT molecular complexity index is 801. The summed E-state index contributed by atoms with van der Waals surface area (Å²) in [5.41, 5.74) is 3.49. The quantitative estimate of drug-likeness (QED) is 0.915. The highest BCUT2D eigenvalue weighted by molar-refractivity contribution is 5.83. The predicted molar refractivity (Wildman–Crippen MR) is 86.0 cm³/mol. The summed E-state index contributed by atoms with van der Waals surface area (Å²) < 4.78 is 11.2. The lowest BCUT2D eigenvalue weighted by atomic mass is 10.1. The van der Waals surface area contributed by atoms with Crippen LogP contribution in [0.2, 0.25) is 0 Å². The van der Waals surface area contributed by atoms with Gasteiger partial charge in [0.15, 0.2) is 11.5 Å². The van der Waals surface area contributed by atoms with Gasteiger partial charge in [-0.15, -0.1) is 0 Å². The van der Waals surface area contributed by atoms with Crippen molar-refractivity contribution in [2.24, 2.45) is 5.92 Å². The number of amides is 1. The SMILES string of the molecule is O=C([C@@H]1C[C@H]1c1ccc2c(c1)OCCO2)N1CCc2[nH]ncc2C1. The second kappa shape index (κ2) is 5.26. The zero-order valence-corrected chi connectivity index (χ0v) is 13.3. The number of carbonyl (C=O) groups is 1. The normalized spacial score (nSPS) is 24.4. The third-order valence-corrected chi connectivity index (χ3v) is 5.21. The Morgan fingerprint density at radius 2 is 2.12 bits per heavy atom. The fourth-order valence-electron chi connectivity index (χ4n) is 3.77. The Morgan fingerprint density at radius 1 is 1.25 bits per heavy atom. The fourth-order valence-corrected chi connectivity index (χ4v) is 3.77. The standard InChI is InChI=1S/C18H19N3O3/c22-18(21-4-3-15-12(10-21)9-19-20-15)14-8-13(14)11-1-2-16-17(7-11)24-6-5-23-16/h1-2,7,9,13-14H,3-6,8,10H2,(H,19,20)/t13-,14+/m0/s1. The van der Waals surface area contributed by atoms with Crippen molar-refractivity contribution in [3.05, 3.63) is 41.2 Å². The highest BCUT2D eigenvalue weighted by Crippen LogP contribution is 2.50. The molecule has 1 aromatic carbocycles. The number of benzene rings is 1. The van der Waals surface area contributed by atoms with E-state index in [1.54, 1.807) is 0 Å². The van der Waals surface area contributed by atoms with Crippen molar-refractivity contribution in [2.75, 3.05) is 19.8 Å². The molecule has 0 spiro atoms. The molecule has 3 heterocycles. The smallest absolute Gasteiger partial charge is 0.226 e. The molecule has 24 heavy (non-hydrogen) atoms. The van der Waals surface area contributed by atoms with Crippen LogP contribution in [0.15, 0.2) is 24.4 Å². The summed E-state index contributed by atoms with van der Waals surface area (Å²) >= 11 is 0. The molecule has 6 nitrogen and oxygen atoms in total. The molecule has 2 atom stereocenters. The van der Waals surface area contributed by atoms with Crippen LogP contribution in [0.3, 0.4) is 0 Å². The minimum absolute atomic E-state index is 0.0982. The Morgan fingerprint density at radius 3 is 3.04 bits per heavy atom. The lowest BCUT2D eigenvalue weighted by Gasteiger charge is -2.26. The Labute approximate surface area is 139 Å². The lowest BCUT2D eigenvalue weighted by molar-refractivity contribution is -0.133. The number of carbonyl (C=O) groups excluding carboxylic acids is 1. The number of nitrogens with one attached hydrogen (secondary N) is 1. The fraction of sp³-hybridized carbons (Fsp3) is 0.444. The van der Waals surface area contributed by atoms with Crippen molar-refractivity contribution in [1.82, 2.24) is 15.1 Å². The van der Waals surface area contributed by atoms with Gasteiger partial charge in [0.25, 0.3) is 0 Å². The van der Waals surface area contributed by atoms with Gasteiger partial charge in [0, 0.05) is 36.7 Å². The maximum absolute atomic E-state index is 12.8. The molecule has 0 unspecified atom stereocenters. The van der Waals surface area contributed by atoms with E-state index >= 15 is 0 Å². The van der Waals surface area contributed by atoms with E-state index in [1.165, 1.54) is 11.3 Å². The first kappa shape index (κ1) is 13.9. The van der Waals surface area contributed by atoms with E-state index in [0.29, 0.717) is 25.7 Å². The van der Waals surface area contributed by atoms with Gasteiger partial charge in [-0.2, -0.15) is 5.10 Å². The Balaban J connectivity index is 1.29. The number of hydrogen-bond donors (Lipinski definition) is 1. The van der Waals surface area contributed by atoms with Crippen LogP contribution >= 0.6 is 0 Å². The van der Waals surface area contributed by atoms with Crippen LogP contribution in [0.25, 0.3) is 0 Å². The number of aromatic nitrogens is 2. The van der Waals surface area contributed by atoms with E-state index in [4.69, 9.17) is 9.47 Å². The van der Waals surface area contributed by atoms with Gasteiger partial charge in [-0.25, -0.2) is 0 Å². The van der Waals surface area contributed by atoms with Crippen LogP contribution in [0.5, 0.6) is 11.5 Å². The van der Waals surface area contributed by atoms with Gasteiger partial charge < -0.3 is 14.4 Å². The van der Waals surface area contributed by atoms with Crippen LogP contribution < -0.4 is 9.47 Å². The molecule has 1 saturated carbocycles. The second-order valence-electron chi connectivity index (χ2n) is 6.74. The molecule has 5 rings (SSSR count). The first-order valence-electron chi connectivity index (χ1n) is 8.49. The molecule has 2 aliphatic heterocycles. The molecular formula is C18H19N3O3. The van der Waals surface area contributed by atoms with Crippen LogP contribution in [-0.4, -0.2) is 40.8 Å². The van der Waals surface area contributed by atoms with E-state index in [-0.39, 0.29) is 11.8 Å². The molecule has 1 amide bonds. The van der Waals surface area contributed by atoms with E-state index < -0.39 is 0 Å². The maximum Gasteiger partial charge on any atom is 0.226 e. The molecule has 1 N–H and O–H groups in total. The van der Waals surface area contributed by atoms with E-state index in [2.05, 4.69) is 16.3 Å². The molecule has 2 aromatic rings. The third kappa shape index (κ3) is 2.25. The summed E-state index contributed by atoms with van der Waals surface area (Å²) in [6.45, 7) is 2.64. The minimum atomic E-state index is 0.0982. The largest absolute Gasteiger partial charge is 0.486 e. The average Bonchev–Trinajstić information content (AvgIpc) is 3.29. The van der Waals surface area contributed by atoms with Crippen molar-refractivity contribution in [3.63, 3.8) is 0 Å². The molecule has 1 fully saturated rings. The topological polar surface area (TPSA) is 67.5 Å². The Kier molecular flexibility index (Phi) is 3.04. The average molecular weight is 325 g/mol. The van der Waals surface area contributed by atoms with Crippen molar-refractivity contribution < 1.29 is 14.3 Å². The molecule has 124 valence electrons. The molecule has 6 heteroatoms. The number of hydrogen-bond acceptors (Lipinski definition) is 4. The maximum atomic E-state index is 12.8. The van der Waals surface area contributed by atoms with E-state index in [0.717, 1.165) is 36.4 Å². The number of fused-ring (bicyclic) bond motifs is 2. The first-order chi connectivity index (χ1) is 11.8. The summed E-state index contributed by atoms with van der Waals surface area (Å²) in [4.78, 5) is 14.8. The summed E-state index contributed by atoms with van der Waals surface area (Å²) in [5, 5.41) is 7.08. The number of H-pyrrole nitrogens is 1. The van der Waals surface area contributed by atoms with E-state index in [9.17, 15) is 4.79 Å². The number of nitrogens with zero attached hydrogens (tertiary/aromatic N) is 2. The van der Waals surface area contributed by atoms with Crippen LogP contribution in [-0.2, 0) is 17.8 Å². The predicted octanol–water partition coefficient (Wildman–Crippen LogP) is 1.87. The monoisotopic (exact) mass is 325 g/mol. The van der Waals surface area contributed by atoms with Gasteiger partial charge in [0.1, 0.15) is 13.2 Å². The second-order valence-corrected chi connectivity index (χ2v) is 6.74. The van der Waals surface area contributed by atoms with Gasteiger partial charge in [-0.1, -0.05) is 6.07 Å². The summed E-state index contributed by atoms with van der Waals surface area (Å²) in [5.74, 6) is 2.27. The zero-order valence-electron chi connectivity index (χ0n) is 13.3. The van der Waals surface area contributed by atoms with Crippen LogP contribution in [0.1, 0.15) is 29.2 Å². The molecule has 1 aromatic heterocycles. The molecule has 0 saturated heterocycles. The van der Waals surface area contributed by atoms with Crippen molar-refractivity contribution in [3.8, 4) is 11.5 Å². The van der Waals surface area contributed by atoms with Crippen LogP contribution in [0, 0.1) is 5.92 Å². The van der Waals surface area contributed by atoms with Gasteiger partial charge in [0.05, 0.1) is 6.20 Å². The third-order valence-electron chi connectivity index (χ3n) is 5.21.